The first-order chi connectivity index (χ1) is 9.90. The Hall–Kier alpha value is -1.75. The van der Waals surface area contributed by atoms with Crippen molar-refractivity contribution in [3.05, 3.63) is 28.8 Å². The molecule has 116 valence electrons. The number of rotatable bonds is 8. The zero-order valence-corrected chi connectivity index (χ0v) is 12.9. The third-order valence-corrected chi connectivity index (χ3v) is 3.19. The number of carbonyl (C=O) groups excluding carboxylic acids is 1. The average molecular weight is 314 g/mol. The quantitative estimate of drug-likeness (QED) is 0.724. The van der Waals surface area contributed by atoms with E-state index in [0.717, 1.165) is 5.56 Å². The average Bonchev–Trinajstić information content (AvgIpc) is 2.41. The summed E-state index contributed by atoms with van der Waals surface area (Å²) >= 11 is 6.01. The van der Waals surface area contributed by atoms with Crippen molar-refractivity contribution in [2.45, 2.75) is 39.2 Å². The Kier molecular flexibility index (Phi) is 7.02. The molecule has 5 nitrogen and oxygen atoms in total. The zero-order valence-electron chi connectivity index (χ0n) is 12.2. The van der Waals surface area contributed by atoms with Crippen LogP contribution in [-0.2, 0) is 9.59 Å². The van der Waals surface area contributed by atoms with Crippen molar-refractivity contribution in [3.63, 3.8) is 0 Å². The smallest absolute Gasteiger partial charge is 0.303 e. The van der Waals surface area contributed by atoms with E-state index in [1.54, 1.807) is 19.1 Å². The summed E-state index contributed by atoms with van der Waals surface area (Å²) in [5, 5.41) is 11.7. The molecule has 0 radical (unpaired) electrons. The van der Waals surface area contributed by atoms with Crippen molar-refractivity contribution in [3.8, 4) is 5.75 Å². The first-order valence-corrected chi connectivity index (χ1v) is 7.20. The lowest BCUT2D eigenvalue weighted by molar-refractivity contribution is -0.137. The molecule has 0 aromatic heterocycles. The van der Waals surface area contributed by atoms with Crippen molar-refractivity contribution in [1.82, 2.24) is 5.32 Å². The standard InChI is InChI=1S/C15H20ClNO4/c1-10-6-7-12(16)13(9-10)21-11(2)15(20)17-8-4-3-5-14(18)19/h6-7,9,11H,3-5,8H2,1-2H3,(H,17,20)(H,18,19). The second-order valence-electron chi connectivity index (χ2n) is 4.84. The minimum Gasteiger partial charge on any atom is -0.481 e. The van der Waals surface area contributed by atoms with Gasteiger partial charge in [-0.05, 0) is 44.4 Å². The summed E-state index contributed by atoms with van der Waals surface area (Å²) in [7, 11) is 0. The minimum atomic E-state index is -0.827. The molecule has 1 aromatic rings. The van der Waals surface area contributed by atoms with Crippen molar-refractivity contribution in [1.29, 1.82) is 0 Å². The van der Waals surface area contributed by atoms with Crippen LogP contribution in [0.3, 0.4) is 0 Å². The largest absolute Gasteiger partial charge is 0.481 e. The van der Waals surface area contributed by atoms with Gasteiger partial charge < -0.3 is 15.2 Å². The monoisotopic (exact) mass is 313 g/mol. The maximum absolute atomic E-state index is 11.8. The van der Waals surface area contributed by atoms with Gasteiger partial charge in [0.05, 0.1) is 5.02 Å². The van der Waals surface area contributed by atoms with Gasteiger partial charge in [0.15, 0.2) is 6.10 Å². The molecular weight excluding hydrogens is 294 g/mol. The third-order valence-electron chi connectivity index (χ3n) is 2.88. The number of ether oxygens (including phenoxy) is 1. The van der Waals surface area contributed by atoms with Crippen LogP contribution in [0.25, 0.3) is 0 Å². The molecule has 0 aliphatic rings. The first kappa shape index (κ1) is 17.3. The highest BCUT2D eigenvalue weighted by Crippen LogP contribution is 2.26. The highest BCUT2D eigenvalue weighted by atomic mass is 35.5. The van der Waals surface area contributed by atoms with E-state index < -0.39 is 12.1 Å². The van der Waals surface area contributed by atoms with Gasteiger partial charge in [0, 0.05) is 13.0 Å². The summed E-state index contributed by atoms with van der Waals surface area (Å²) in [6.07, 6.45) is 0.606. The summed E-state index contributed by atoms with van der Waals surface area (Å²) in [5.74, 6) is -0.597. The highest BCUT2D eigenvalue weighted by Gasteiger charge is 2.15. The van der Waals surface area contributed by atoms with E-state index in [-0.39, 0.29) is 12.3 Å². The first-order valence-electron chi connectivity index (χ1n) is 6.82. The lowest BCUT2D eigenvalue weighted by atomic mass is 10.2. The van der Waals surface area contributed by atoms with Gasteiger partial charge in [0.25, 0.3) is 5.91 Å². The Balaban J connectivity index is 2.37. The van der Waals surface area contributed by atoms with Crippen LogP contribution in [0.2, 0.25) is 5.02 Å². The Bertz CT molecular complexity index is 504. The summed E-state index contributed by atoms with van der Waals surface area (Å²) in [5.41, 5.74) is 0.996. The molecule has 1 rings (SSSR count). The molecule has 0 fully saturated rings. The number of aliphatic carboxylic acids is 1. The van der Waals surface area contributed by atoms with Gasteiger partial charge in [-0.2, -0.15) is 0 Å². The molecule has 21 heavy (non-hydrogen) atoms. The fraction of sp³-hybridized carbons (Fsp3) is 0.467. The predicted molar refractivity (Wildman–Crippen MR) is 80.8 cm³/mol. The van der Waals surface area contributed by atoms with Crippen LogP contribution in [0.4, 0.5) is 0 Å². The van der Waals surface area contributed by atoms with Crippen LogP contribution >= 0.6 is 11.6 Å². The summed E-state index contributed by atoms with van der Waals surface area (Å²) < 4.78 is 5.54. The molecule has 0 aliphatic heterocycles. The molecule has 1 unspecified atom stereocenters. The van der Waals surface area contributed by atoms with Gasteiger partial charge in [0.1, 0.15) is 5.75 Å². The highest BCUT2D eigenvalue weighted by molar-refractivity contribution is 6.32. The number of hydrogen-bond donors (Lipinski definition) is 2. The van der Waals surface area contributed by atoms with E-state index in [2.05, 4.69) is 5.32 Å². The molecule has 2 N–H and O–H groups in total. The maximum atomic E-state index is 11.8. The van der Waals surface area contributed by atoms with E-state index in [4.69, 9.17) is 21.4 Å². The Labute approximate surface area is 129 Å². The molecule has 0 saturated carbocycles. The molecule has 6 heteroatoms. The SMILES string of the molecule is Cc1ccc(Cl)c(OC(C)C(=O)NCCCCC(=O)O)c1. The van der Waals surface area contributed by atoms with Crippen molar-refractivity contribution >= 4 is 23.5 Å². The van der Waals surface area contributed by atoms with E-state index >= 15 is 0 Å². The summed E-state index contributed by atoms with van der Waals surface area (Å²) in [6.45, 7) is 3.99. The second-order valence-corrected chi connectivity index (χ2v) is 5.24. The summed E-state index contributed by atoms with van der Waals surface area (Å²) in [6, 6.07) is 5.37. The number of nitrogens with one attached hydrogen (secondary N) is 1. The van der Waals surface area contributed by atoms with E-state index in [0.29, 0.717) is 30.2 Å². The molecule has 1 amide bonds. The zero-order chi connectivity index (χ0) is 15.8. The van der Waals surface area contributed by atoms with Gasteiger partial charge in [-0.3, -0.25) is 9.59 Å². The van der Waals surface area contributed by atoms with Crippen LogP contribution in [0.5, 0.6) is 5.75 Å². The molecule has 0 heterocycles. The Morgan fingerprint density at radius 2 is 2.10 bits per heavy atom. The number of carboxylic acids is 1. The number of carbonyl (C=O) groups is 2. The Morgan fingerprint density at radius 1 is 1.38 bits per heavy atom. The predicted octanol–water partition coefficient (Wildman–Crippen LogP) is 2.79. The number of unbranched alkanes of at least 4 members (excludes halogenated alkanes) is 1. The normalized spacial score (nSPS) is 11.8. The topological polar surface area (TPSA) is 75.6 Å². The molecule has 0 bridgehead atoms. The molecule has 1 atom stereocenters. The number of aryl methyl sites for hydroxylation is 1. The minimum absolute atomic E-state index is 0.112. The van der Waals surface area contributed by atoms with Crippen LogP contribution < -0.4 is 10.1 Å². The fourth-order valence-electron chi connectivity index (χ4n) is 1.70. The lowest BCUT2D eigenvalue weighted by Gasteiger charge is -2.16. The van der Waals surface area contributed by atoms with Crippen molar-refractivity contribution in [2.75, 3.05) is 6.54 Å². The number of benzene rings is 1. The van der Waals surface area contributed by atoms with Crippen LogP contribution in [0.1, 0.15) is 31.7 Å². The van der Waals surface area contributed by atoms with E-state index in [1.165, 1.54) is 0 Å². The van der Waals surface area contributed by atoms with E-state index in [1.807, 2.05) is 13.0 Å². The van der Waals surface area contributed by atoms with Crippen LogP contribution in [0.15, 0.2) is 18.2 Å². The van der Waals surface area contributed by atoms with Gasteiger partial charge in [0.2, 0.25) is 0 Å². The Morgan fingerprint density at radius 3 is 2.76 bits per heavy atom. The maximum Gasteiger partial charge on any atom is 0.303 e. The number of carboxylic acid groups (broad SMARTS) is 1. The fourth-order valence-corrected chi connectivity index (χ4v) is 1.86. The molecule has 0 spiro atoms. The van der Waals surface area contributed by atoms with Crippen LogP contribution in [0, 0.1) is 6.92 Å². The van der Waals surface area contributed by atoms with Crippen molar-refractivity contribution < 1.29 is 19.4 Å². The van der Waals surface area contributed by atoms with Crippen molar-refractivity contribution in [2.24, 2.45) is 0 Å². The third kappa shape index (κ3) is 6.49. The molecule has 1 aromatic carbocycles. The summed E-state index contributed by atoms with van der Waals surface area (Å²) in [4.78, 5) is 22.2. The number of hydrogen-bond acceptors (Lipinski definition) is 3. The van der Waals surface area contributed by atoms with Gasteiger partial charge >= 0.3 is 5.97 Å². The second kappa shape index (κ2) is 8.52. The number of amides is 1. The molecule has 0 aliphatic carbocycles. The molecular formula is C15H20ClNO4. The lowest BCUT2D eigenvalue weighted by Crippen LogP contribution is -2.36. The van der Waals surface area contributed by atoms with Crippen LogP contribution in [-0.4, -0.2) is 29.6 Å². The number of halogens is 1. The van der Waals surface area contributed by atoms with E-state index in [9.17, 15) is 9.59 Å². The van der Waals surface area contributed by atoms with Gasteiger partial charge in [-0.15, -0.1) is 0 Å². The molecule has 0 saturated heterocycles. The van der Waals surface area contributed by atoms with Gasteiger partial charge in [-0.1, -0.05) is 17.7 Å². The van der Waals surface area contributed by atoms with Gasteiger partial charge in [-0.25, -0.2) is 0 Å².